The first-order valence-electron chi connectivity index (χ1n) is 3.96. The van der Waals surface area contributed by atoms with Crippen molar-refractivity contribution in [1.82, 2.24) is 0 Å². The molecule has 0 amide bonds. The fourth-order valence-corrected chi connectivity index (χ4v) is 1.61. The molecule has 1 heterocycles. The van der Waals surface area contributed by atoms with Gasteiger partial charge in [0, 0.05) is 18.8 Å². The monoisotopic (exact) mass is 148 g/mol. The molecule has 0 fully saturated rings. The zero-order valence-corrected chi connectivity index (χ0v) is 6.43. The first-order chi connectivity index (χ1) is 5.42. The van der Waals surface area contributed by atoms with E-state index in [1.54, 1.807) is 0 Å². The second kappa shape index (κ2) is 2.55. The lowest BCUT2D eigenvalue weighted by atomic mass is 10.1. The third kappa shape index (κ3) is 0.994. The minimum absolute atomic E-state index is 0.658. The van der Waals surface area contributed by atoms with Gasteiger partial charge in [0.1, 0.15) is 0 Å². The Morgan fingerprint density at radius 1 is 1.45 bits per heavy atom. The molecule has 1 aromatic carbocycles. The van der Waals surface area contributed by atoms with Crippen molar-refractivity contribution in [3.8, 4) is 0 Å². The van der Waals surface area contributed by atoms with E-state index in [0.29, 0.717) is 6.54 Å². The maximum atomic E-state index is 5.60. The Balaban J connectivity index is 2.50. The first kappa shape index (κ1) is 6.68. The van der Waals surface area contributed by atoms with Crippen molar-refractivity contribution >= 4 is 5.69 Å². The average molecular weight is 148 g/mol. The van der Waals surface area contributed by atoms with E-state index in [0.717, 1.165) is 13.0 Å². The van der Waals surface area contributed by atoms with Crippen molar-refractivity contribution in [2.45, 2.75) is 13.0 Å². The van der Waals surface area contributed by atoms with Crippen molar-refractivity contribution in [3.63, 3.8) is 0 Å². The van der Waals surface area contributed by atoms with Gasteiger partial charge in [-0.05, 0) is 23.6 Å². The van der Waals surface area contributed by atoms with Gasteiger partial charge in [-0.1, -0.05) is 12.1 Å². The lowest BCUT2D eigenvalue weighted by Gasteiger charge is -2.03. The van der Waals surface area contributed by atoms with Gasteiger partial charge in [-0.2, -0.15) is 0 Å². The number of rotatable bonds is 1. The maximum Gasteiger partial charge on any atom is 0.0376 e. The largest absolute Gasteiger partial charge is 0.384 e. The average Bonchev–Trinajstić information content (AvgIpc) is 2.50. The zero-order valence-electron chi connectivity index (χ0n) is 6.43. The third-order valence-corrected chi connectivity index (χ3v) is 2.18. The van der Waals surface area contributed by atoms with Crippen LogP contribution in [0.25, 0.3) is 0 Å². The van der Waals surface area contributed by atoms with E-state index in [-0.39, 0.29) is 0 Å². The molecule has 1 aromatic rings. The number of hydrogen-bond acceptors (Lipinski definition) is 2. The van der Waals surface area contributed by atoms with Gasteiger partial charge in [-0.15, -0.1) is 0 Å². The zero-order chi connectivity index (χ0) is 7.68. The molecule has 0 aliphatic carbocycles. The van der Waals surface area contributed by atoms with Crippen LogP contribution in [0.4, 0.5) is 5.69 Å². The Bertz CT molecular complexity index is 268. The number of nitrogens with one attached hydrogen (secondary N) is 1. The van der Waals surface area contributed by atoms with Crippen molar-refractivity contribution in [1.29, 1.82) is 0 Å². The molecule has 3 N–H and O–H groups in total. The lowest BCUT2D eigenvalue weighted by molar-refractivity contribution is 1.01. The van der Waals surface area contributed by atoms with Crippen molar-refractivity contribution < 1.29 is 0 Å². The van der Waals surface area contributed by atoms with Crippen LogP contribution >= 0.6 is 0 Å². The van der Waals surface area contributed by atoms with Crippen LogP contribution in [-0.4, -0.2) is 6.54 Å². The summed E-state index contributed by atoms with van der Waals surface area (Å²) in [7, 11) is 0. The molecule has 0 radical (unpaired) electrons. The van der Waals surface area contributed by atoms with Gasteiger partial charge in [0.25, 0.3) is 0 Å². The topological polar surface area (TPSA) is 38.0 Å². The van der Waals surface area contributed by atoms with Gasteiger partial charge in [-0.3, -0.25) is 0 Å². The van der Waals surface area contributed by atoms with Gasteiger partial charge in [-0.25, -0.2) is 0 Å². The Kier molecular flexibility index (Phi) is 1.55. The van der Waals surface area contributed by atoms with E-state index < -0.39 is 0 Å². The fourth-order valence-electron chi connectivity index (χ4n) is 1.61. The molecule has 0 atom stereocenters. The van der Waals surface area contributed by atoms with Crippen LogP contribution < -0.4 is 11.1 Å². The maximum absolute atomic E-state index is 5.60. The van der Waals surface area contributed by atoms with Gasteiger partial charge in [0.2, 0.25) is 0 Å². The van der Waals surface area contributed by atoms with Crippen LogP contribution in [0.15, 0.2) is 18.2 Å². The molecule has 0 spiro atoms. The summed E-state index contributed by atoms with van der Waals surface area (Å²) in [6, 6.07) is 6.27. The standard InChI is InChI=1S/C9H12N2/c10-6-7-2-1-3-9-8(7)4-5-11-9/h1-3,11H,4-6,10H2. The summed E-state index contributed by atoms with van der Waals surface area (Å²) in [4.78, 5) is 0. The highest BCUT2D eigenvalue weighted by Crippen LogP contribution is 2.24. The Morgan fingerprint density at radius 2 is 2.36 bits per heavy atom. The van der Waals surface area contributed by atoms with E-state index in [1.807, 2.05) is 0 Å². The number of hydrogen-bond donors (Lipinski definition) is 2. The molecule has 1 aliphatic heterocycles. The van der Waals surface area contributed by atoms with Gasteiger partial charge in [0.05, 0.1) is 0 Å². The molecule has 11 heavy (non-hydrogen) atoms. The molecule has 0 unspecified atom stereocenters. The summed E-state index contributed by atoms with van der Waals surface area (Å²) in [5.41, 5.74) is 9.56. The molecular formula is C9H12N2. The third-order valence-electron chi connectivity index (χ3n) is 2.18. The quantitative estimate of drug-likeness (QED) is 0.626. The number of fused-ring (bicyclic) bond motifs is 1. The van der Waals surface area contributed by atoms with E-state index >= 15 is 0 Å². The molecule has 2 heteroatoms. The van der Waals surface area contributed by atoms with Gasteiger partial charge in [0.15, 0.2) is 0 Å². The summed E-state index contributed by atoms with van der Waals surface area (Å²) >= 11 is 0. The van der Waals surface area contributed by atoms with Crippen molar-refractivity contribution in [2.75, 3.05) is 11.9 Å². The first-order valence-corrected chi connectivity index (χ1v) is 3.96. The van der Waals surface area contributed by atoms with E-state index in [2.05, 4.69) is 23.5 Å². The summed E-state index contributed by atoms with van der Waals surface area (Å²) in [6.45, 7) is 1.72. The fraction of sp³-hybridized carbons (Fsp3) is 0.333. The predicted molar refractivity (Wildman–Crippen MR) is 46.5 cm³/mol. The molecule has 0 saturated carbocycles. The highest BCUT2D eigenvalue weighted by Gasteiger charge is 2.11. The van der Waals surface area contributed by atoms with Crippen LogP contribution in [-0.2, 0) is 13.0 Å². The molecule has 0 bridgehead atoms. The van der Waals surface area contributed by atoms with Gasteiger partial charge >= 0.3 is 0 Å². The number of nitrogens with two attached hydrogens (primary N) is 1. The van der Waals surface area contributed by atoms with Crippen LogP contribution in [0.1, 0.15) is 11.1 Å². The molecule has 2 nitrogen and oxygen atoms in total. The summed E-state index contributed by atoms with van der Waals surface area (Å²) in [6.07, 6.45) is 1.13. The molecule has 2 rings (SSSR count). The highest BCUT2D eigenvalue weighted by molar-refractivity contribution is 5.58. The van der Waals surface area contributed by atoms with Crippen LogP contribution in [0, 0.1) is 0 Å². The smallest absolute Gasteiger partial charge is 0.0376 e. The second-order valence-electron chi connectivity index (χ2n) is 2.82. The van der Waals surface area contributed by atoms with E-state index in [4.69, 9.17) is 5.73 Å². The molecule has 58 valence electrons. The van der Waals surface area contributed by atoms with E-state index in [1.165, 1.54) is 16.8 Å². The predicted octanol–water partition coefficient (Wildman–Crippen LogP) is 1.11. The Morgan fingerprint density at radius 3 is 3.18 bits per heavy atom. The molecule has 1 aliphatic rings. The van der Waals surface area contributed by atoms with Crippen LogP contribution in [0.5, 0.6) is 0 Å². The van der Waals surface area contributed by atoms with Crippen molar-refractivity contribution in [2.24, 2.45) is 5.73 Å². The molecular weight excluding hydrogens is 136 g/mol. The minimum Gasteiger partial charge on any atom is -0.384 e. The van der Waals surface area contributed by atoms with Crippen LogP contribution in [0.2, 0.25) is 0 Å². The molecule has 0 saturated heterocycles. The SMILES string of the molecule is NCc1cccc2c1CCN2. The number of benzene rings is 1. The lowest BCUT2D eigenvalue weighted by Crippen LogP contribution is -1.99. The number of anilines is 1. The van der Waals surface area contributed by atoms with Crippen LogP contribution in [0.3, 0.4) is 0 Å². The Hall–Kier alpha value is -1.02. The Labute approximate surface area is 66.4 Å². The van der Waals surface area contributed by atoms with E-state index in [9.17, 15) is 0 Å². The highest BCUT2D eigenvalue weighted by atomic mass is 14.9. The summed E-state index contributed by atoms with van der Waals surface area (Å²) < 4.78 is 0. The minimum atomic E-state index is 0.658. The normalized spacial score (nSPS) is 14.3. The summed E-state index contributed by atoms with van der Waals surface area (Å²) in [5, 5.41) is 3.32. The molecule has 0 aromatic heterocycles. The van der Waals surface area contributed by atoms with Crippen molar-refractivity contribution in [3.05, 3.63) is 29.3 Å². The summed E-state index contributed by atoms with van der Waals surface area (Å²) in [5.74, 6) is 0. The second-order valence-corrected chi connectivity index (χ2v) is 2.82. The van der Waals surface area contributed by atoms with Gasteiger partial charge < -0.3 is 11.1 Å².